The molecular formula is C28H39N5O. The van der Waals surface area contributed by atoms with Crippen LogP contribution in [0.4, 0.5) is 11.4 Å². The van der Waals surface area contributed by atoms with E-state index in [4.69, 9.17) is 4.74 Å². The Bertz CT molecular complexity index is 985. The van der Waals surface area contributed by atoms with Gasteiger partial charge in [0, 0.05) is 43.2 Å². The van der Waals surface area contributed by atoms with E-state index in [1.807, 2.05) is 50.2 Å². The predicted octanol–water partition coefficient (Wildman–Crippen LogP) is 6.51. The van der Waals surface area contributed by atoms with Crippen LogP contribution in [0, 0.1) is 6.92 Å². The summed E-state index contributed by atoms with van der Waals surface area (Å²) in [6.45, 7) is 13.0. The van der Waals surface area contributed by atoms with Gasteiger partial charge in [0.2, 0.25) is 5.88 Å². The molecule has 2 aromatic heterocycles. The zero-order chi connectivity index (χ0) is 24.6. The number of nitrogens with zero attached hydrogens (tertiary/aromatic N) is 4. The molecule has 1 N–H and O–H groups in total. The van der Waals surface area contributed by atoms with Crippen LogP contribution in [0.2, 0.25) is 0 Å². The molecule has 1 aromatic carbocycles. The number of ether oxygens (including phenoxy) is 1. The first-order valence-corrected chi connectivity index (χ1v) is 12.3. The van der Waals surface area contributed by atoms with E-state index in [2.05, 4.69) is 64.4 Å². The summed E-state index contributed by atoms with van der Waals surface area (Å²) >= 11 is 0. The summed E-state index contributed by atoms with van der Waals surface area (Å²) < 4.78 is 6.02. The van der Waals surface area contributed by atoms with Crippen LogP contribution in [-0.4, -0.2) is 35.9 Å². The lowest BCUT2D eigenvalue weighted by Crippen LogP contribution is -2.25. The minimum absolute atomic E-state index is 0.521. The van der Waals surface area contributed by atoms with Gasteiger partial charge < -0.3 is 9.64 Å². The highest BCUT2D eigenvalue weighted by Crippen LogP contribution is 2.22. The molecule has 0 spiro atoms. The number of aryl methyl sites for hydroxylation is 1. The molecule has 0 saturated carbocycles. The molecule has 2 heterocycles. The second-order valence-corrected chi connectivity index (χ2v) is 7.73. The lowest BCUT2D eigenvalue weighted by Gasteiger charge is -2.24. The van der Waals surface area contributed by atoms with Gasteiger partial charge in [0.15, 0.2) is 0 Å². The molecule has 0 radical (unpaired) electrons. The van der Waals surface area contributed by atoms with Crippen LogP contribution in [0.25, 0.3) is 0 Å². The Morgan fingerprint density at radius 3 is 2.47 bits per heavy atom. The zero-order valence-electron chi connectivity index (χ0n) is 21.3. The van der Waals surface area contributed by atoms with E-state index in [1.165, 1.54) is 5.56 Å². The summed E-state index contributed by atoms with van der Waals surface area (Å²) in [5.74, 6) is 0.604. The fraction of sp³-hybridized carbons (Fsp3) is 0.393. The first-order valence-electron chi connectivity index (χ1n) is 12.3. The number of pyridine rings is 2. The van der Waals surface area contributed by atoms with Gasteiger partial charge in [-0.15, -0.1) is 0 Å². The second-order valence-electron chi connectivity index (χ2n) is 7.73. The first kappa shape index (κ1) is 26.8. The Morgan fingerprint density at radius 1 is 1.00 bits per heavy atom. The lowest BCUT2D eigenvalue weighted by atomic mass is 10.2. The molecule has 0 fully saturated rings. The number of aromatic nitrogens is 2. The van der Waals surface area contributed by atoms with E-state index in [-0.39, 0.29) is 0 Å². The summed E-state index contributed by atoms with van der Waals surface area (Å²) in [6, 6.07) is 18.1. The van der Waals surface area contributed by atoms with Gasteiger partial charge >= 0.3 is 0 Å². The number of benzene rings is 1. The van der Waals surface area contributed by atoms with Gasteiger partial charge in [0.05, 0.1) is 24.2 Å². The molecule has 0 atom stereocenters. The summed E-state index contributed by atoms with van der Waals surface area (Å²) in [7, 11) is 0. The number of hydrogen-bond acceptors (Lipinski definition) is 6. The fourth-order valence-corrected chi connectivity index (χ4v) is 3.44. The zero-order valence-corrected chi connectivity index (χ0v) is 21.3. The van der Waals surface area contributed by atoms with Gasteiger partial charge in [0.1, 0.15) is 0 Å². The molecule has 0 aliphatic rings. The largest absolute Gasteiger partial charge is 0.477 e. The van der Waals surface area contributed by atoms with Crippen LogP contribution in [0.1, 0.15) is 57.5 Å². The Morgan fingerprint density at radius 2 is 1.79 bits per heavy atom. The highest BCUT2D eigenvalue weighted by molar-refractivity contribution is 5.80. The van der Waals surface area contributed by atoms with E-state index in [0.29, 0.717) is 12.5 Å². The quantitative estimate of drug-likeness (QED) is 0.246. The van der Waals surface area contributed by atoms with Crippen LogP contribution in [-0.2, 0) is 6.42 Å². The summed E-state index contributed by atoms with van der Waals surface area (Å²) in [6.07, 6.45) is 6.44. The molecule has 6 nitrogen and oxygen atoms in total. The van der Waals surface area contributed by atoms with Crippen molar-refractivity contribution in [2.45, 2.75) is 53.9 Å². The maximum absolute atomic E-state index is 6.02. The maximum Gasteiger partial charge on any atom is 0.215 e. The van der Waals surface area contributed by atoms with Crippen molar-refractivity contribution >= 4 is 17.6 Å². The predicted molar refractivity (Wildman–Crippen MR) is 144 cm³/mol. The topological polar surface area (TPSA) is 62.6 Å². The molecule has 3 rings (SSSR count). The van der Waals surface area contributed by atoms with E-state index >= 15 is 0 Å². The number of nitrogens with one attached hydrogen (secondary N) is 1. The third-order valence-electron chi connectivity index (χ3n) is 4.90. The lowest BCUT2D eigenvalue weighted by molar-refractivity contribution is 0.308. The van der Waals surface area contributed by atoms with E-state index < -0.39 is 0 Å². The number of hydrazone groups is 1. The Hall–Kier alpha value is -3.41. The first-order chi connectivity index (χ1) is 16.7. The Kier molecular flexibility index (Phi) is 12.2. The SMILES string of the molecule is CC.CCCN(CCC)c1cc(/C=N/Nc2cccc(C)c2)nc(OCCc2ccccn2)c1. The Labute approximate surface area is 205 Å². The summed E-state index contributed by atoms with van der Waals surface area (Å²) in [5, 5.41) is 4.39. The third-order valence-corrected chi connectivity index (χ3v) is 4.90. The van der Waals surface area contributed by atoms with Crippen LogP contribution in [0.15, 0.2) is 65.9 Å². The molecule has 6 heteroatoms. The molecule has 34 heavy (non-hydrogen) atoms. The molecule has 3 aromatic rings. The van der Waals surface area contributed by atoms with Gasteiger partial charge in [-0.25, -0.2) is 4.98 Å². The molecular weight excluding hydrogens is 422 g/mol. The minimum Gasteiger partial charge on any atom is -0.477 e. The van der Waals surface area contributed by atoms with Gasteiger partial charge in [0.25, 0.3) is 0 Å². The normalized spacial score (nSPS) is 10.5. The van der Waals surface area contributed by atoms with Crippen molar-refractivity contribution in [3.8, 4) is 5.88 Å². The molecule has 0 amide bonds. The van der Waals surface area contributed by atoms with E-state index in [1.54, 1.807) is 12.4 Å². The molecule has 0 saturated heterocycles. The van der Waals surface area contributed by atoms with Gasteiger partial charge in [-0.1, -0.05) is 45.9 Å². The average molecular weight is 462 g/mol. The van der Waals surface area contributed by atoms with E-state index in [9.17, 15) is 0 Å². The van der Waals surface area contributed by atoms with Crippen LogP contribution >= 0.6 is 0 Å². The van der Waals surface area contributed by atoms with Crippen molar-refractivity contribution < 1.29 is 4.74 Å². The van der Waals surface area contributed by atoms with Crippen molar-refractivity contribution in [2.24, 2.45) is 5.10 Å². The molecule has 0 bridgehead atoms. The highest BCUT2D eigenvalue weighted by atomic mass is 16.5. The molecule has 0 unspecified atom stereocenters. The molecule has 182 valence electrons. The summed E-state index contributed by atoms with van der Waals surface area (Å²) in [5.41, 5.74) is 8.08. The summed E-state index contributed by atoms with van der Waals surface area (Å²) in [4.78, 5) is 11.4. The van der Waals surface area contributed by atoms with Crippen molar-refractivity contribution in [3.63, 3.8) is 0 Å². The fourth-order valence-electron chi connectivity index (χ4n) is 3.44. The monoisotopic (exact) mass is 461 g/mol. The van der Waals surface area contributed by atoms with Gasteiger partial charge in [-0.05, 0) is 55.7 Å². The van der Waals surface area contributed by atoms with Gasteiger partial charge in [-0.3, -0.25) is 10.4 Å². The highest BCUT2D eigenvalue weighted by Gasteiger charge is 2.10. The molecule has 0 aliphatic heterocycles. The average Bonchev–Trinajstić information content (AvgIpc) is 2.86. The van der Waals surface area contributed by atoms with Crippen molar-refractivity contribution in [2.75, 3.05) is 30.0 Å². The van der Waals surface area contributed by atoms with Crippen LogP contribution in [0.3, 0.4) is 0 Å². The second kappa shape index (κ2) is 15.4. The van der Waals surface area contributed by atoms with Crippen molar-refractivity contribution in [1.29, 1.82) is 0 Å². The number of anilines is 2. The van der Waals surface area contributed by atoms with Crippen LogP contribution < -0.4 is 15.1 Å². The van der Waals surface area contributed by atoms with Gasteiger partial charge in [-0.2, -0.15) is 5.10 Å². The molecule has 0 aliphatic carbocycles. The standard InChI is InChI=1S/C26H33N5O.C2H6/c1-4-14-31(15-5-2)25-18-24(20-28-30-23-11-8-9-21(3)17-23)29-26(19-25)32-16-12-22-10-6-7-13-27-22;1-2/h6-11,13,17-20,30H,4-5,12,14-16H2,1-3H3;1-2H3/b28-20+;. The van der Waals surface area contributed by atoms with Crippen molar-refractivity contribution in [1.82, 2.24) is 9.97 Å². The number of hydrogen-bond donors (Lipinski definition) is 1. The van der Waals surface area contributed by atoms with E-state index in [0.717, 1.165) is 55.1 Å². The smallest absolute Gasteiger partial charge is 0.215 e. The van der Waals surface area contributed by atoms with Crippen molar-refractivity contribution in [3.05, 3.63) is 77.7 Å². The number of rotatable bonds is 12. The maximum atomic E-state index is 6.02. The Balaban J connectivity index is 0.00000199. The third kappa shape index (κ3) is 9.22. The minimum atomic E-state index is 0.521. The van der Waals surface area contributed by atoms with Crippen LogP contribution in [0.5, 0.6) is 5.88 Å².